The van der Waals surface area contributed by atoms with Gasteiger partial charge in [0.2, 0.25) is 5.88 Å². The first-order chi connectivity index (χ1) is 10.7. The van der Waals surface area contributed by atoms with Crippen LogP contribution >= 0.6 is 11.3 Å². The van der Waals surface area contributed by atoms with Gasteiger partial charge in [-0.1, -0.05) is 11.2 Å². The van der Waals surface area contributed by atoms with Gasteiger partial charge >= 0.3 is 5.97 Å². The van der Waals surface area contributed by atoms with E-state index < -0.39 is 5.97 Å². The molecule has 114 valence electrons. The molecule has 3 heterocycles. The number of carbonyl (C=O) groups is 1. The summed E-state index contributed by atoms with van der Waals surface area (Å²) in [6.45, 7) is 0.0196. The van der Waals surface area contributed by atoms with Crippen molar-refractivity contribution in [3.8, 4) is 16.5 Å². The van der Waals surface area contributed by atoms with E-state index >= 15 is 0 Å². The molecule has 22 heavy (non-hydrogen) atoms. The highest BCUT2D eigenvalue weighted by molar-refractivity contribution is 7.13. The molecule has 0 spiro atoms. The van der Waals surface area contributed by atoms with Crippen LogP contribution in [0.25, 0.3) is 10.6 Å². The van der Waals surface area contributed by atoms with Gasteiger partial charge in [-0.05, 0) is 11.4 Å². The summed E-state index contributed by atoms with van der Waals surface area (Å²) in [5, 5.41) is 9.84. The standard InChI is InChI=1S/C14H13N3O4S/c1-17-7-10(13(15-17)19-2)14(18)20-8-9-6-11(21-16-9)12-4-3-5-22-12/h3-7H,8H2,1-2H3. The summed E-state index contributed by atoms with van der Waals surface area (Å²) >= 11 is 1.55. The minimum Gasteiger partial charge on any atom is -0.479 e. The van der Waals surface area contributed by atoms with Crippen molar-refractivity contribution in [2.45, 2.75) is 6.61 Å². The van der Waals surface area contributed by atoms with Crippen molar-refractivity contribution in [2.24, 2.45) is 7.05 Å². The lowest BCUT2D eigenvalue weighted by molar-refractivity contribution is 0.0460. The smallest absolute Gasteiger partial charge is 0.345 e. The van der Waals surface area contributed by atoms with E-state index in [0.717, 1.165) is 4.88 Å². The van der Waals surface area contributed by atoms with Crippen LogP contribution in [0.1, 0.15) is 16.1 Å². The third kappa shape index (κ3) is 2.86. The quantitative estimate of drug-likeness (QED) is 0.672. The minimum absolute atomic E-state index is 0.0196. The summed E-state index contributed by atoms with van der Waals surface area (Å²) in [5.41, 5.74) is 0.812. The summed E-state index contributed by atoms with van der Waals surface area (Å²) in [5.74, 6) is 0.359. The van der Waals surface area contributed by atoms with Gasteiger partial charge in [-0.2, -0.15) is 0 Å². The fourth-order valence-electron chi connectivity index (χ4n) is 1.89. The molecule has 0 bridgehead atoms. The van der Waals surface area contributed by atoms with E-state index in [-0.39, 0.29) is 18.1 Å². The normalized spacial score (nSPS) is 10.6. The van der Waals surface area contributed by atoms with Crippen molar-refractivity contribution < 1.29 is 18.8 Å². The van der Waals surface area contributed by atoms with Crippen LogP contribution in [-0.2, 0) is 18.4 Å². The monoisotopic (exact) mass is 319 g/mol. The molecule has 0 aliphatic carbocycles. The Morgan fingerprint density at radius 3 is 3.09 bits per heavy atom. The summed E-state index contributed by atoms with van der Waals surface area (Å²) in [4.78, 5) is 13.0. The van der Waals surface area contributed by atoms with E-state index in [9.17, 15) is 4.79 Å². The number of aryl methyl sites for hydroxylation is 1. The van der Waals surface area contributed by atoms with Gasteiger partial charge in [-0.25, -0.2) is 4.79 Å². The maximum Gasteiger partial charge on any atom is 0.345 e. The first kappa shape index (κ1) is 14.3. The van der Waals surface area contributed by atoms with Crippen molar-refractivity contribution in [1.29, 1.82) is 0 Å². The molecule has 3 aromatic heterocycles. The molecule has 3 aromatic rings. The zero-order valence-electron chi connectivity index (χ0n) is 12.0. The number of aromatic nitrogens is 3. The molecule has 0 saturated heterocycles. The Kier molecular flexibility index (Phi) is 3.92. The number of carbonyl (C=O) groups excluding carboxylic acids is 1. The van der Waals surface area contributed by atoms with Crippen LogP contribution in [0, 0.1) is 0 Å². The summed E-state index contributed by atoms with van der Waals surface area (Å²) < 4.78 is 16.9. The van der Waals surface area contributed by atoms with Gasteiger partial charge in [0.1, 0.15) is 17.9 Å². The van der Waals surface area contributed by atoms with Crippen molar-refractivity contribution in [1.82, 2.24) is 14.9 Å². The molecule has 8 heteroatoms. The number of hydrogen-bond acceptors (Lipinski definition) is 7. The number of rotatable bonds is 5. The second kappa shape index (κ2) is 6.02. The third-order valence-electron chi connectivity index (χ3n) is 2.88. The van der Waals surface area contributed by atoms with Crippen molar-refractivity contribution in [3.63, 3.8) is 0 Å². The van der Waals surface area contributed by atoms with Gasteiger partial charge in [-0.3, -0.25) is 4.68 Å². The molecule has 3 rings (SSSR count). The predicted molar refractivity (Wildman–Crippen MR) is 78.7 cm³/mol. The number of methoxy groups -OCH3 is 1. The van der Waals surface area contributed by atoms with Crippen LogP contribution in [0.2, 0.25) is 0 Å². The molecular weight excluding hydrogens is 306 g/mol. The molecule has 0 unspecified atom stereocenters. The van der Waals surface area contributed by atoms with E-state index in [1.807, 2.05) is 17.5 Å². The first-order valence-corrected chi connectivity index (χ1v) is 7.29. The van der Waals surface area contributed by atoms with Gasteiger partial charge in [0.25, 0.3) is 0 Å². The highest BCUT2D eigenvalue weighted by Gasteiger charge is 2.18. The Bertz CT molecular complexity index is 776. The van der Waals surface area contributed by atoms with Crippen LogP contribution in [-0.4, -0.2) is 28.0 Å². The molecule has 0 saturated carbocycles. The molecule has 7 nitrogen and oxygen atoms in total. The van der Waals surface area contributed by atoms with Gasteiger partial charge in [-0.15, -0.1) is 16.4 Å². The van der Waals surface area contributed by atoms with Gasteiger partial charge < -0.3 is 14.0 Å². The number of hydrogen-bond donors (Lipinski definition) is 0. The summed E-state index contributed by atoms with van der Waals surface area (Å²) in [7, 11) is 3.15. The number of ether oxygens (including phenoxy) is 2. The van der Waals surface area contributed by atoms with Gasteiger partial charge in [0.15, 0.2) is 5.76 Å². The molecule has 0 atom stereocenters. The molecular formula is C14H13N3O4S. The maximum absolute atomic E-state index is 12.0. The molecule has 0 aliphatic heterocycles. The van der Waals surface area contributed by atoms with Gasteiger partial charge in [0, 0.05) is 19.3 Å². The minimum atomic E-state index is -0.523. The van der Waals surface area contributed by atoms with E-state index in [2.05, 4.69) is 10.3 Å². The maximum atomic E-state index is 12.0. The van der Waals surface area contributed by atoms with Crippen LogP contribution in [0.3, 0.4) is 0 Å². The highest BCUT2D eigenvalue weighted by atomic mass is 32.1. The molecule has 0 N–H and O–H groups in total. The number of esters is 1. The van der Waals surface area contributed by atoms with Gasteiger partial charge in [0.05, 0.1) is 12.0 Å². The lowest BCUT2D eigenvalue weighted by Crippen LogP contribution is -2.06. The average molecular weight is 319 g/mol. The zero-order chi connectivity index (χ0) is 15.5. The van der Waals surface area contributed by atoms with E-state index in [0.29, 0.717) is 11.5 Å². The number of nitrogens with zero attached hydrogens (tertiary/aromatic N) is 3. The largest absolute Gasteiger partial charge is 0.479 e. The van der Waals surface area contributed by atoms with Crippen LogP contribution in [0.15, 0.2) is 34.3 Å². The average Bonchev–Trinajstić information content (AvgIpc) is 3.24. The second-order valence-corrected chi connectivity index (χ2v) is 5.41. The van der Waals surface area contributed by atoms with Crippen LogP contribution < -0.4 is 4.74 Å². The van der Waals surface area contributed by atoms with E-state index in [4.69, 9.17) is 14.0 Å². The van der Waals surface area contributed by atoms with E-state index in [1.165, 1.54) is 11.8 Å². The van der Waals surface area contributed by atoms with Crippen LogP contribution in [0.4, 0.5) is 0 Å². The predicted octanol–water partition coefficient (Wildman–Crippen LogP) is 2.50. The van der Waals surface area contributed by atoms with Crippen molar-refractivity contribution >= 4 is 17.3 Å². The third-order valence-corrected chi connectivity index (χ3v) is 3.77. The first-order valence-electron chi connectivity index (χ1n) is 6.41. The summed E-state index contributed by atoms with van der Waals surface area (Å²) in [6, 6.07) is 5.61. The second-order valence-electron chi connectivity index (χ2n) is 4.46. The molecule has 0 radical (unpaired) electrons. The van der Waals surface area contributed by atoms with Crippen molar-refractivity contribution in [2.75, 3.05) is 7.11 Å². The molecule has 0 aromatic carbocycles. The molecule has 0 aliphatic rings. The Labute approximate surface area is 130 Å². The Morgan fingerprint density at radius 2 is 2.36 bits per heavy atom. The Hall–Kier alpha value is -2.61. The zero-order valence-corrected chi connectivity index (χ0v) is 12.8. The fourth-order valence-corrected chi connectivity index (χ4v) is 2.56. The highest BCUT2D eigenvalue weighted by Crippen LogP contribution is 2.25. The topological polar surface area (TPSA) is 79.4 Å². The number of thiophene rings is 1. The molecule has 0 fully saturated rings. The molecule has 0 amide bonds. The fraction of sp³-hybridized carbons (Fsp3) is 0.214. The lowest BCUT2D eigenvalue weighted by Gasteiger charge is -2.01. The van der Waals surface area contributed by atoms with E-state index in [1.54, 1.807) is 30.6 Å². The Morgan fingerprint density at radius 1 is 1.50 bits per heavy atom. The van der Waals surface area contributed by atoms with Crippen molar-refractivity contribution in [3.05, 3.63) is 41.0 Å². The SMILES string of the molecule is COc1nn(C)cc1C(=O)OCc1cc(-c2cccs2)on1. The Balaban J connectivity index is 1.66. The summed E-state index contributed by atoms with van der Waals surface area (Å²) in [6.07, 6.45) is 1.54. The van der Waals surface area contributed by atoms with Crippen LogP contribution in [0.5, 0.6) is 5.88 Å². The lowest BCUT2D eigenvalue weighted by atomic mass is 10.3.